The van der Waals surface area contributed by atoms with Crippen LogP contribution in [0.3, 0.4) is 0 Å². The molecular weight excluding hydrogens is 391 g/mol. The first-order valence-corrected chi connectivity index (χ1v) is 0. The van der Waals surface area contributed by atoms with Crippen LogP contribution in [0, 0.1) is 0 Å². The third-order valence-corrected chi connectivity index (χ3v) is 0. The zero-order valence-corrected chi connectivity index (χ0v) is 14.3. The predicted octanol–water partition coefficient (Wildman–Crippen LogP) is -0.814. The molecule has 0 amide bonds. The Bertz CT molecular complexity index is 22.0. The minimum absolute atomic E-state index is 0. The molecule has 0 saturated carbocycles. The van der Waals surface area contributed by atoms with Crippen LogP contribution in [0.15, 0.2) is 0 Å². The summed E-state index contributed by atoms with van der Waals surface area (Å²) < 4.78 is 0. The molecule has 0 aromatic carbocycles. The van der Waals surface area contributed by atoms with Crippen molar-refractivity contribution in [2.45, 2.75) is 0 Å². The molecule has 0 bridgehead atoms. The summed E-state index contributed by atoms with van der Waals surface area (Å²) in [6, 6.07) is 0. The molecule has 34 valence electrons. The largest absolute Gasteiger partial charge is 0 e. The average molecular weight is 394 g/mol. The van der Waals surface area contributed by atoms with Gasteiger partial charge in [-0.2, -0.15) is 0 Å². The van der Waals surface area contributed by atoms with Crippen LogP contribution in [0.1, 0.15) is 2.85 Å². The van der Waals surface area contributed by atoms with Crippen LogP contribution in [0.25, 0.3) is 0 Å². The van der Waals surface area contributed by atoms with E-state index in [0.717, 1.165) is 0 Å². The van der Waals surface area contributed by atoms with Crippen LogP contribution < -0.4 is 0 Å². The Kier molecular flexibility index (Phi) is 292. The first-order valence-electron chi connectivity index (χ1n) is 0. The van der Waals surface area contributed by atoms with Gasteiger partial charge in [0.2, 0.25) is 0 Å². The fourth-order valence-corrected chi connectivity index (χ4v) is 0. The molecule has 0 N–H and O–H groups in total. The van der Waals surface area contributed by atoms with Crippen molar-refractivity contribution < 1.29 is 77.5 Å². The fourth-order valence-electron chi connectivity index (χ4n) is 0. The molecule has 2 radical (unpaired) electrons. The van der Waals surface area contributed by atoms with Crippen LogP contribution >= 0.6 is 0 Å². The first-order chi connectivity index (χ1) is 0. The van der Waals surface area contributed by atoms with Crippen molar-refractivity contribution in [3.05, 3.63) is 0 Å². The minimum Gasteiger partial charge on any atom is 0 e. The second kappa shape index (κ2) is 35.4. The molecule has 0 saturated heterocycles. The topological polar surface area (TPSA) is 0 Å². The maximum Gasteiger partial charge on any atom is 0 e. The standard InChI is InChI=1S/Ca.Fe.Mn.Mo.HSe.Zn.2H/h;;;;1H;;;/q+2;;;;;;2*-1. The summed E-state index contributed by atoms with van der Waals surface area (Å²) in [5.41, 5.74) is 0. The molecule has 0 spiro atoms. The molecule has 0 rings (SSSR count). The van der Waals surface area contributed by atoms with Gasteiger partial charge in [0.15, 0.2) is 0 Å². The molecule has 0 nitrogen and oxygen atoms in total. The second-order valence-corrected chi connectivity index (χ2v) is 0. The van der Waals surface area contributed by atoms with E-state index in [4.69, 9.17) is 0 Å². The van der Waals surface area contributed by atoms with E-state index in [1.165, 1.54) is 0 Å². The molecule has 0 aromatic heterocycles. The monoisotopic (exact) mass is 396 g/mol. The molecule has 0 aliphatic heterocycles. The Labute approximate surface area is 130 Å². The van der Waals surface area contributed by atoms with E-state index in [9.17, 15) is 0 Å². The molecule has 6 heteroatoms. The van der Waals surface area contributed by atoms with Crippen molar-refractivity contribution >= 4 is 54.8 Å². The van der Waals surface area contributed by atoms with E-state index in [2.05, 4.69) is 0 Å². The predicted molar refractivity (Wildman–Crippen MR) is 15.1 cm³/mol. The normalized spacial score (nSPS) is 0. The van der Waals surface area contributed by atoms with Gasteiger partial charge in [-0.15, -0.1) is 0 Å². The van der Waals surface area contributed by atoms with E-state index in [0.29, 0.717) is 0 Å². The van der Waals surface area contributed by atoms with Crippen molar-refractivity contribution in [3.8, 4) is 0 Å². The van der Waals surface area contributed by atoms with Crippen LogP contribution in [0.4, 0.5) is 0 Å². The van der Waals surface area contributed by atoms with Crippen molar-refractivity contribution in [2.24, 2.45) is 0 Å². The van der Waals surface area contributed by atoms with Gasteiger partial charge in [-0.3, -0.25) is 0 Å². The van der Waals surface area contributed by atoms with Crippen LogP contribution in [0.2, 0.25) is 0 Å². The SMILES string of the molecule is [Ca+2].[Fe].[H-].[H-].[Mn].[Mo].[SeH].[Zn]. The van der Waals surface area contributed by atoms with Gasteiger partial charge in [-0.25, -0.2) is 0 Å². The van der Waals surface area contributed by atoms with E-state index in [-0.39, 0.29) is 132 Å². The zero-order chi connectivity index (χ0) is 0. The molecule has 0 aliphatic carbocycles. The van der Waals surface area contributed by atoms with Crippen LogP contribution in [-0.2, 0) is 74.7 Å². The number of rotatable bonds is 0. The van der Waals surface area contributed by atoms with E-state index < -0.39 is 0 Å². The summed E-state index contributed by atoms with van der Waals surface area (Å²) in [7, 11) is 0. The van der Waals surface area contributed by atoms with Gasteiger partial charge in [0.05, 0.1) is 0 Å². The molecule has 0 atom stereocenters. The first kappa shape index (κ1) is 49.5. The van der Waals surface area contributed by atoms with Gasteiger partial charge < -0.3 is 2.85 Å². The Balaban J connectivity index is 0. The van der Waals surface area contributed by atoms with Crippen molar-refractivity contribution in [3.63, 3.8) is 0 Å². The molecule has 0 fully saturated rings. The maximum atomic E-state index is 0. The smallest absolute Gasteiger partial charge is 0 e. The fraction of sp³-hybridized carbons (Fsp3) is 0. The molecule has 0 heterocycles. The van der Waals surface area contributed by atoms with Crippen LogP contribution in [0.5, 0.6) is 0 Å². The molecule has 0 unspecified atom stereocenters. The quantitative estimate of drug-likeness (QED) is 0.472. The maximum absolute atomic E-state index is 0. The van der Waals surface area contributed by atoms with Gasteiger partial charge in [-0.1, -0.05) is 0 Å². The minimum atomic E-state index is 0. The Morgan fingerprint density at radius 1 is 1.17 bits per heavy atom. The summed E-state index contributed by atoms with van der Waals surface area (Å²) in [5, 5.41) is 0. The second-order valence-electron chi connectivity index (χ2n) is 0. The number of hydrogen-bond acceptors (Lipinski definition) is 0. The van der Waals surface area contributed by atoms with Gasteiger partial charge in [-0.05, 0) is 0 Å². The van der Waals surface area contributed by atoms with E-state index >= 15 is 0 Å². The summed E-state index contributed by atoms with van der Waals surface area (Å²) in [5.74, 6) is 0. The van der Waals surface area contributed by atoms with Crippen molar-refractivity contribution in [1.82, 2.24) is 0 Å². The van der Waals surface area contributed by atoms with E-state index in [1.807, 2.05) is 0 Å². The summed E-state index contributed by atoms with van der Waals surface area (Å²) in [4.78, 5) is 0. The van der Waals surface area contributed by atoms with Gasteiger partial charge >= 0.3 is 54.8 Å². The third kappa shape index (κ3) is 24.2. The van der Waals surface area contributed by atoms with Gasteiger partial charge in [0.25, 0.3) is 0 Å². The van der Waals surface area contributed by atoms with Crippen molar-refractivity contribution in [2.75, 3.05) is 0 Å². The summed E-state index contributed by atoms with van der Waals surface area (Å²) in [6.07, 6.45) is 0. The van der Waals surface area contributed by atoms with E-state index in [1.54, 1.807) is 0 Å². The van der Waals surface area contributed by atoms with Gasteiger partial charge in [0, 0.05) is 74.7 Å². The molecule has 0 aliphatic rings. The third-order valence-electron chi connectivity index (χ3n) is 0. The summed E-state index contributed by atoms with van der Waals surface area (Å²) in [6.45, 7) is 0. The zero-order valence-electron chi connectivity index (χ0n) is 5.00. The Morgan fingerprint density at radius 2 is 1.17 bits per heavy atom. The van der Waals surface area contributed by atoms with Crippen LogP contribution in [-0.4, -0.2) is 54.8 Å². The molecule has 0 aromatic rings. The molecular formula is H3CaFeMnMoSeZn. The van der Waals surface area contributed by atoms with Gasteiger partial charge in [0.1, 0.15) is 0 Å². The molecule has 6 heavy (non-hydrogen) atoms. The Hall–Kier alpha value is 4.13. The Morgan fingerprint density at radius 3 is 1.17 bits per heavy atom. The van der Waals surface area contributed by atoms with Crippen molar-refractivity contribution in [1.29, 1.82) is 0 Å². The number of hydrogen-bond donors (Lipinski definition) is 0. The summed E-state index contributed by atoms with van der Waals surface area (Å²) >= 11 is 0. The average Bonchev–Trinajstić information content (AvgIpc) is 0.